The van der Waals surface area contributed by atoms with Crippen LogP contribution in [-0.2, 0) is 10.8 Å². The molecule has 72 valence electrons. The molecule has 0 fully saturated rings. The lowest BCUT2D eigenvalue weighted by Crippen LogP contribution is -1.92. The molecular formula is C10H20OS. The van der Waals surface area contributed by atoms with Crippen LogP contribution in [0.1, 0.15) is 45.4 Å². The van der Waals surface area contributed by atoms with Crippen LogP contribution in [0.3, 0.4) is 0 Å². The van der Waals surface area contributed by atoms with Crippen LogP contribution >= 0.6 is 0 Å². The van der Waals surface area contributed by atoms with Gasteiger partial charge in [-0.1, -0.05) is 45.6 Å². The van der Waals surface area contributed by atoms with Gasteiger partial charge in [-0.25, -0.2) is 0 Å². The lowest BCUT2D eigenvalue weighted by molar-refractivity contribution is 0.623. The fourth-order valence-electron chi connectivity index (χ4n) is 1.11. The van der Waals surface area contributed by atoms with E-state index in [-0.39, 0.29) is 0 Å². The van der Waals surface area contributed by atoms with Gasteiger partial charge in [0.05, 0.1) is 0 Å². The summed E-state index contributed by atoms with van der Waals surface area (Å²) in [5, 5.41) is 1.53. The van der Waals surface area contributed by atoms with Gasteiger partial charge < -0.3 is 0 Å². The van der Waals surface area contributed by atoms with Crippen molar-refractivity contribution in [3.63, 3.8) is 0 Å². The van der Waals surface area contributed by atoms with Gasteiger partial charge in [0, 0.05) is 16.6 Å². The summed E-state index contributed by atoms with van der Waals surface area (Å²) in [6, 6.07) is 0. The number of hydrogen-bond acceptors (Lipinski definition) is 1. The Kier molecular flexibility index (Phi) is 8.90. The molecule has 0 bridgehead atoms. The Bertz CT molecular complexity index is 132. The Labute approximate surface area is 78.7 Å². The summed E-state index contributed by atoms with van der Waals surface area (Å²) in [7, 11) is -0.770. The van der Waals surface area contributed by atoms with E-state index in [1.54, 1.807) is 0 Å². The molecule has 0 radical (unpaired) electrons. The summed E-state index contributed by atoms with van der Waals surface area (Å²) < 4.78 is 10.9. The molecule has 0 aromatic rings. The molecule has 0 aliphatic heterocycles. The van der Waals surface area contributed by atoms with Crippen molar-refractivity contribution >= 4 is 10.8 Å². The standard InChI is InChI=1S/C10H20OS/c1-3-5-6-7-8-9-10-12(11)4-2/h4H,2-3,5-10H2,1H3. The zero-order chi connectivity index (χ0) is 9.23. The first-order valence-electron chi connectivity index (χ1n) is 4.81. The Morgan fingerprint density at radius 2 is 1.75 bits per heavy atom. The molecule has 0 heterocycles. The normalized spacial score (nSPS) is 12.8. The molecule has 0 aliphatic rings. The van der Waals surface area contributed by atoms with E-state index in [9.17, 15) is 4.21 Å². The fraction of sp³-hybridized carbons (Fsp3) is 0.800. The molecule has 0 saturated heterocycles. The second kappa shape index (κ2) is 8.98. The molecule has 0 amide bonds. The van der Waals surface area contributed by atoms with Gasteiger partial charge in [0.2, 0.25) is 0 Å². The Morgan fingerprint density at radius 1 is 1.17 bits per heavy atom. The maximum Gasteiger partial charge on any atom is 0.0449 e. The Balaban J connectivity index is 3.00. The van der Waals surface area contributed by atoms with Crippen LogP contribution in [0.4, 0.5) is 0 Å². The van der Waals surface area contributed by atoms with E-state index in [1.165, 1.54) is 37.5 Å². The Morgan fingerprint density at radius 3 is 2.33 bits per heavy atom. The molecule has 0 saturated carbocycles. The third kappa shape index (κ3) is 7.99. The quantitative estimate of drug-likeness (QED) is 0.534. The minimum atomic E-state index is -0.770. The maximum atomic E-state index is 10.9. The van der Waals surface area contributed by atoms with Crippen molar-refractivity contribution in [1.29, 1.82) is 0 Å². The molecule has 0 aliphatic carbocycles. The number of rotatable bonds is 8. The van der Waals surface area contributed by atoms with Gasteiger partial charge >= 0.3 is 0 Å². The average Bonchev–Trinajstić information content (AvgIpc) is 2.10. The molecular weight excluding hydrogens is 168 g/mol. The van der Waals surface area contributed by atoms with E-state index in [0.717, 1.165) is 12.2 Å². The topological polar surface area (TPSA) is 17.1 Å². The van der Waals surface area contributed by atoms with Gasteiger partial charge in [0.25, 0.3) is 0 Å². The van der Waals surface area contributed by atoms with Crippen molar-refractivity contribution < 1.29 is 4.21 Å². The summed E-state index contributed by atoms with van der Waals surface area (Å²) in [5.41, 5.74) is 0. The van der Waals surface area contributed by atoms with Crippen LogP contribution in [0.15, 0.2) is 12.0 Å². The van der Waals surface area contributed by atoms with Crippen molar-refractivity contribution in [2.75, 3.05) is 5.75 Å². The van der Waals surface area contributed by atoms with Crippen LogP contribution < -0.4 is 0 Å². The third-order valence-electron chi connectivity index (χ3n) is 1.88. The van der Waals surface area contributed by atoms with E-state index in [0.29, 0.717) is 0 Å². The van der Waals surface area contributed by atoms with Gasteiger partial charge in [-0.05, 0) is 11.8 Å². The minimum Gasteiger partial charge on any atom is -0.255 e. The van der Waals surface area contributed by atoms with Gasteiger partial charge in [0.1, 0.15) is 0 Å². The highest BCUT2D eigenvalue weighted by atomic mass is 32.2. The van der Waals surface area contributed by atoms with Crippen molar-refractivity contribution in [1.82, 2.24) is 0 Å². The van der Waals surface area contributed by atoms with E-state index >= 15 is 0 Å². The predicted molar refractivity (Wildman–Crippen MR) is 56.6 cm³/mol. The van der Waals surface area contributed by atoms with Crippen LogP contribution in [0, 0.1) is 0 Å². The summed E-state index contributed by atoms with van der Waals surface area (Å²) in [4.78, 5) is 0. The van der Waals surface area contributed by atoms with E-state index in [2.05, 4.69) is 13.5 Å². The van der Waals surface area contributed by atoms with Crippen molar-refractivity contribution in [2.45, 2.75) is 45.4 Å². The van der Waals surface area contributed by atoms with E-state index in [4.69, 9.17) is 0 Å². The van der Waals surface area contributed by atoms with Crippen LogP contribution in [-0.4, -0.2) is 9.96 Å². The SMILES string of the molecule is C=CS(=O)CCCCCCCC. The molecule has 2 heteroatoms. The van der Waals surface area contributed by atoms with Crippen LogP contribution in [0.5, 0.6) is 0 Å². The lowest BCUT2D eigenvalue weighted by atomic mass is 10.1. The minimum absolute atomic E-state index is 0.770. The Hall–Kier alpha value is -0.110. The molecule has 1 unspecified atom stereocenters. The van der Waals surface area contributed by atoms with Gasteiger partial charge in [0.15, 0.2) is 0 Å². The second-order valence-electron chi connectivity index (χ2n) is 3.02. The van der Waals surface area contributed by atoms with Crippen molar-refractivity contribution in [3.8, 4) is 0 Å². The average molecular weight is 188 g/mol. The predicted octanol–water partition coefficient (Wildman–Crippen LogP) is 3.24. The largest absolute Gasteiger partial charge is 0.255 e. The highest BCUT2D eigenvalue weighted by Gasteiger charge is 1.93. The summed E-state index contributed by atoms with van der Waals surface area (Å²) in [6.07, 6.45) is 7.56. The third-order valence-corrected chi connectivity index (χ3v) is 2.95. The summed E-state index contributed by atoms with van der Waals surface area (Å²) >= 11 is 0. The fourth-order valence-corrected chi connectivity index (χ4v) is 1.76. The lowest BCUT2D eigenvalue weighted by Gasteiger charge is -1.98. The number of unbranched alkanes of at least 4 members (excludes halogenated alkanes) is 5. The molecule has 0 spiro atoms. The van der Waals surface area contributed by atoms with Crippen molar-refractivity contribution in [3.05, 3.63) is 12.0 Å². The molecule has 0 rings (SSSR count). The molecule has 0 aromatic heterocycles. The summed E-state index contributed by atoms with van der Waals surface area (Å²) in [5.74, 6) is 0.801. The molecule has 0 aromatic carbocycles. The van der Waals surface area contributed by atoms with Gasteiger partial charge in [-0.15, -0.1) is 0 Å². The van der Waals surface area contributed by atoms with E-state index < -0.39 is 10.8 Å². The first-order valence-corrected chi connectivity index (χ1v) is 6.19. The smallest absolute Gasteiger partial charge is 0.0449 e. The molecule has 1 atom stereocenters. The number of hydrogen-bond donors (Lipinski definition) is 0. The van der Waals surface area contributed by atoms with Crippen molar-refractivity contribution in [2.24, 2.45) is 0 Å². The van der Waals surface area contributed by atoms with Gasteiger partial charge in [-0.3, -0.25) is 4.21 Å². The molecule has 0 N–H and O–H groups in total. The first kappa shape index (κ1) is 11.9. The van der Waals surface area contributed by atoms with Crippen LogP contribution in [0.25, 0.3) is 0 Å². The summed E-state index contributed by atoms with van der Waals surface area (Å²) in [6.45, 7) is 5.70. The zero-order valence-corrected chi connectivity index (χ0v) is 8.87. The monoisotopic (exact) mass is 188 g/mol. The second-order valence-corrected chi connectivity index (χ2v) is 4.52. The molecule has 12 heavy (non-hydrogen) atoms. The molecule has 1 nitrogen and oxygen atoms in total. The zero-order valence-electron chi connectivity index (χ0n) is 8.05. The first-order chi connectivity index (χ1) is 5.81. The maximum absolute atomic E-state index is 10.9. The van der Waals surface area contributed by atoms with E-state index in [1.807, 2.05) is 0 Å². The van der Waals surface area contributed by atoms with Gasteiger partial charge in [-0.2, -0.15) is 0 Å². The van der Waals surface area contributed by atoms with Crippen LogP contribution in [0.2, 0.25) is 0 Å². The highest BCUT2D eigenvalue weighted by Crippen LogP contribution is 2.05. The highest BCUT2D eigenvalue weighted by molar-refractivity contribution is 7.87.